The number of nitrogens with zero attached hydrogens (tertiary/aromatic N) is 3. The molecule has 0 saturated heterocycles. The molecule has 0 unspecified atom stereocenters. The molecule has 82 valence electrons. The molecule has 1 heterocycles. The molecule has 0 aromatic carbocycles. The molecule has 0 saturated carbocycles. The smallest absolute Gasteiger partial charge is 0.312 e. The van der Waals surface area contributed by atoms with Crippen molar-refractivity contribution in [1.29, 1.82) is 0 Å². The van der Waals surface area contributed by atoms with Crippen LogP contribution in [-0.2, 0) is 11.8 Å². The van der Waals surface area contributed by atoms with E-state index in [0.717, 1.165) is 10.9 Å². The number of carboxylic acid groups (broad SMARTS) is 1. The molecule has 2 N–H and O–H groups in total. The largest absolute Gasteiger partial charge is 0.481 e. The summed E-state index contributed by atoms with van der Waals surface area (Å²) in [6, 6.07) is 0. The summed E-state index contributed by atoms with van der Waals surface area (Å²) in [6.45, 7) is 0. The van der Waals surface area contributed by atoms with E-state index in [2.05, 4.69) is 5.10 Å². The highest BCUT2D eigenvalue weighted by Crippen LogP contribution is 2.25. The molecule has 0 radical (unpaired) electrons. The van der Waals surface area contributed by atoms with Crippen LogP contribution in [0.1, 0.15) is 18.2 Å². The minimum absolute atomic E-state index is 0.109. The maximum atomic E-state index is 10.5. The molecule has 0 spiro atoms. The fraction of sp³-hybridized carbons (Fsp3) is 0.429. The lowest BCUT2D eigenvalue weighted by atomic mass is 10.1. The van der Waals surface area contributed by atoms with E-state index in [4.69, 9.17) is 5.11 Å². The van der Waals surface area contributed by atoms with E-state index in [-0.39, 0.29) is 11.4 Å². The normalized spacial score (nSPS) is 12.4. The van der Waals surface area contributed by atoms with Crippen LogP contribution in [0.4, 0.5) is 5.69 Å². The molecule has 15 heavy (non-hydrogen) atoms. The van der Waals surface area contributed by atoms with Gasteiger partial charge in [-0.25, -0.2) is 0 Å². The summed E-state index contributed by atoms with van der Waals surface area (Å²) in [5, 5.41) is 32.0. The summed E-state index contributed by atoms with van der Waals surface area (Å²) in [7, 11) is 1.40. The summed E-state index contributed by atoms with van der Waals surface area (Å²) in [4.78, 5) is 20.1. The Kier molecular flexibility index (Phi) is 3.00. The van der Waals surface area contributed by atoms with Gasteiger partial charge in [0, 0.05) is 7.05 Å². The van der Waals surface area contributed by atoms with Crippen molar-refractivity contribution in [2.75, 3.05) is 0 Å². The second kappa shape index (κ2) is 4.05. The lowest BCUT2D eigenvalue weighted by molar-refractivity contribution is -0.386. The number of aliphatic hydroxyl groups excluding tert-OH is 1. The van der Waals surface area contributed by atoms with Gasteiger partial charge < -0.3 is 10.2 Å². The fourth-order valence-corrected chi connectivity index (χ4v) is 1.22. The van der Waals surface area contributed by atoms with Crippen LogP contribution in [0.2, 0.25) is 0 Å². The number of aliphatic carboxylic acids is 1. The van der Waals surface area contributed by atoms with Crippen molar-refractivity contribution in [3.8, 4) is 0 Å². The topological polar surface area (TPSA) is 118 Å². The van der Waals surface area contributed by atoms with E-state index in [9.17, 15) is 20.0 Å². The molecule has 0 aliphatic rings. The zero-order valence-electron chi connectivity index (χ0n) is 7.82. The molecule has 1 rings (SSSR count). The van der Waals surface area contributed by atoms with Gasteiger partial charge in [-0.1, -0.05) is 0 Å². The van der Waals surface area contributed by atoms with Gasteiger partial charge in [0.05, 0.1) is 11.3 Å². The van der Waals surface area contributed by atoms with Gasteiger partial charge in [0.25, 0.3) is 0 Å². The number of aliphatic hydroxyl groups is 1. The van der Waals surface area contributed by atoms with Gasteiger partial charge in [-0.05, 0) is 0 Å². The maximum absolute atomic E-state index is 10.5. The number of nitro groups is 1. The Bertz CT molecular complexity index is 399. The first-order chi connectivity index (χ1) is 6.93. The number of aryl methyl sites for hydroxylation is 1. The van der Waals surface area contributed by atoms with Gasteiger partial charge in [-0.15, -0.1) is 0 Å². The van der Waals surface area contributed by atoms with Crippen molar-refractivity contribution >= 4 is 11.7 Å². The van der Waals surface area contributed by atoms with Crippen LogP contribution >= 0.6 is 0 Å². The van der Waals surface area contributed by atoms with Gasteiger partial charge in [0.2, 0.25) is 0 Å². The number of aromatic nitrogens is 2. The van der Waals surface area contributed by atoms with Crippen molar-refractivity contribution in [3.05, 3.63) is 22.0 Å². The van der Waals surface area contributed by atoms with E-state index < -0.39 is 23.4 Å². The quantitative estimate of drug-likeness (QED) is 0.532. The molecular weight excluding hydrogens is 206 g/mol. The third-order valence-corrected chi connectivity index (χ3v) is 1.84. The van der Waals surface area contributed by atoms with Gasteiger partial charge >= 0.3 is 11.7 Å². The number of rotatable bonds is 4. The van der Waals surface area contributed by atoms with Crippen LogP contribution in [0.5, 0.6) is 0 Å². The minimum atomic E-state index is -1.43. The third-order valence-electron chi connectivity index (χ3n) is 1.84. The van der Waals surface area contributed by atoms with E-state index in [1.54, 1.807) is 0 Å². The first-order valence-electron chi connectivity index (χ1n) is 3.99. The molecule has 0 amide bonds. The van der Waals surface area contributed by atoms with Gasteiger partial charge in [-0.3, -0.25) is 19.6 Å². The number of carboxylic acids is 1. The highest BCUT2D eigenvalue weighted by Gasteiger charge is 2.26. The molecule has 8 heteroatoms. The van der Waals surface area contributed by atoms with Crippen molar-refractivity contribution in [2.45, 2.75) is 12.5 Å². The summed E-state index contributed by atoms with van der Waals surface area (Å²) in [6.07, 6.45) is -1.06. The van der Waals surface area contributed by atoms with Crippen LogP contribution in [0, 0.1) is 10.1 Å². The average molecular weight is 215 g/mol. The van der Waals surface area contributed by atoms with Crippen molar-refractivity contribution in [1.82, 2.24) is 9.78 Å². The predicted octanol–water partition coefficient (Wildman–Crippen LogP) is -0.164. The first-order valence-corrected chi connectivity index (χ1v) is 3.99. The number of hydrogen-bond acceptors (Lipinski definition) is 5. The fourth-order valence-electron chi connectivity index (χ4n) is 1.22. The molecule has 0 fully saturated rings. The summed E-state index contributed by atoms with van der Waals surface area (Å²) < 4.78 is 1.09. The summed E-state index contributed by atoms with van der Waals surface area (Å²) >= 11 is 0. The zero-order valence-corrected chi connectivity index (χ0v) is 7.82. The van der Waals surface area contributed by atoms with E-state index in [0.29, 0.717) is 0 Å². The summed E-state index contributed by atoms with van der Waals surface area (Å²) in [5.74, 6) is -1.24. The molecule has 0 aliphatic carbocycles. The number of hydrogen-bond donors (Lipinski definition) is 2. The monoisotopic (exact) mass is 215 g/mol. The Hall–Kier alpha value is -1.96. The average Bonchev–Trinajstić information content (AvgIpc) is 2.45. The second-order valence-electron chi connectivity index (χ2n) is 2.91. The molecule has 0 aliphatic heterocycles. The van der Waals surface area contributed by atoms with Crippen molar-refractivity contribution in [3.63, 3.8) is 0 Å². The lowest BCUT2D eigenvalue weighted by Gasteiger charge is -2.07. The van der Waals surface area contributed by atoms with Crippen LogP contribution in [0.15, 0.2) is 6.20 Å². The van der Waals surface area contributed by atoms with Gasteiger partial charge in [-0.2, -0.15) is 5.10 Å². The highest BCUT2D eigenvalue weighted by atomic mass is 16.6. The highest BCUT2D eigenvalue weighted by molar-refractivity contribution is 5.67. The van der Waals surface area contributed by atoms with E-state index in [1.165, 1.54) is 7.05 Å². The predicted molar refractivity (Wildman–Crippen MR) is 47.1 cm³/mol. The van der Waals surface area contributed by atoms with E-state index >= 15 is 0 Å². The molecule has 8 nitrogen and oxygen atoms in total. The Morgan fingerprint density at radius 1 is 1.80 bits per heavy atom. The lowest BCUT2D eigenvalue weighted by Crippen LogP contribution is -2.11. The molecular formula is C7H9N3O5. The first kappa shape index (κ1) is 11.1. The van der Waals surface area contributed by atoms with Crippen LogP contribution < -0.4 is 0 Å². The number of carbonyl (C=O) groups is 1. The molecule has 1 aromatic rings. The third kappa shape index (κ3) is 2.29. The Balaban J connectivity index is 3.05. The van der Waals surface area contributed by atoms with E-state index in [1.807, 2.05) is 0 Å². The van der Waals surface area contributed by atoms with Crippen LogP contribution in [-0.4, -0.2) is 30.9 Å². The van der Waals surface area contributed by atoms with Crippen molar-refractivity contribution in [2.24, 2.45) is 7.05 Å². The Morgan fingerprint density at radius 3 is 2.87 bits per heavy atom. The molecule has 1 atom stereocenters. The van der Waals surface area contributed by atoms with Gasteiger partial charge in [0.15, 0.2) is 0 Å². The molecule has 0 bridgehead atoms. The standard InChI is InChI=1S/C7H9N3O5/c1-9-7(5(11)2-6(12)13)4(3-8-9)10(14)15/h3,5,11H,2H2,1H3,(H,12,13)/t5-/m0/s1. The van der Waals surface area contributed by atoms with Crippen molar-refractivity contribution < 1.29 is 19.9 Å². The second-order valence-corrected chi connectivity index (χ2v) is 2.91. The zero-order chi connectivity index (χ0) is 11.6. The van der Waals surface area contributed by atoms with Crippen LogP contribution in [0.25, 0.3) is 0 Å². The maximum Gasteiger partial charge on any atom is 0.312 e. The van der Waals surface area contributed by atoms with Crippen LogP contribution in [0.3, 0.4) is 0 Å². The minimum Gasteiger partial charge on any atom is -0.481 e. The SMILES string of the molecule is Cn1ncc([N+](=O)[O-])c1[C@@H](O)CC(=O)O. The summed E-state index contributed by atoms with van der Waals surface area (Å²) in [5.41, 5.74) is -0.492. The molecule has 1 aromatic heterocycles. The van der Waals surface area contributed by atoms with Gasteiger partial charge in [0.1, 0.15) is 18.0 Å². The Morgan fingerprint density at radius 2 is 2.40 bits per heavy atom. The Labute approximate surface area is 83.9 Å².